The first kappa shape index (κ1) is 27.8. The second-order valence-corrected chi connectivity index (χ2v) is 10.3. The summed E-state index contributed by atoms with van der Waals surface area (Å²) in [4.78, 5) is 14.3. The maximum atomic E-state index is 13.2. The third-order valence-electron chi connectivity index (χ3n) is 7.53. The standard InChI is InChI=1S/C30H30F4N4O2/c1-19-25(28(39)35-18-30(32,33)34)10-11-27-26(19)17-38(36-27)16-20-12-14-37(15-13-20)29(40)23-4-2-21(3-5-23)22-6-8-24(31)9-7-22/h2-11,17,20,29,40H,12-16,18H2,1H3,(H,35,39). The highest BCUT2D eigenvalue weighted by molar-refractivity contribution is 6.00. The Morgan fingerprint density at radius 3 is 2.27 bits per heavy atom. The number of aliphatic hydroxyl groups excluding tert-OH is 1. The molecule has 4 aromatic rings. The average molecular weight is 555 g/mol. The van der Waals surface area contributed by atoms with Gasteiger partial charge in [-0.15, -0.1) is 0 Å². The monoisotopic (exact) mass is 554 g/mol. The summed E-state index contributed by atoms with van der Waals surface area (Å²) in [6, 6.07) is 17.1. The number of aliphatic hydroxyl groups is 1. The fourth-order valence-corrected chi connectivity index (χ4v) is 5.24. The predicted octanol–water partition coefficient (Wildman–Crippen LogP) is 5.85. The molecule has 1 aliphatic heterocycles. The van der Waals surface area contributed by atoms with Crippen LogP contribution in [0.3, 0.4) is 0 Å². The molecule has 0 aliphatic carbocycles. The van der Waals surface area contributed by atoms with E-state index >= 15 is 0 Å². The Kier molecular flexibility index (Phi) is 7.91. The van der Waals surface area contributed by atoms with Gasteiger partial charge in [0.15, 0.2) is 0 Å². The maximum absolute atomic E-state index is 13.2. The van der Waals surface area contributed by atoms with Gasteiger partial charge in [0, 0.05) is 36.8 Å². The molecule has 0 bridgehead atoms. The van der Waals surface area contributed by atoms with Gasteiger partial charge in [0.2, 0.25) is 0 Å². The number of rotatable bonds is 7. The summed E-state index contributed by atoms with van der Waals surface area (Å²) in [5, 5.41) is 18.2. The van der Waals surface area contributed by atoms with Gasteiger partial charge in [-0.05, 0) is 72.2 Å². The van der Waals surface area contributed by atoms with Crippen molar-refractivity contribution in [3.63, 3.8) is 0 Å². The van der Waals surface area contributed by atoms with E-state index in [1.54, 1.807) is 25.1 Å². The molecular weight excluding hydrogens is 524 g/mol. The lowest BCUT2D eigenvalue weighted by Gasteiger charge is -2.35. The highest BCUT2D eigenvalue weighted by atomic mass is 19.4. The minimum atomic E-state index is -4.47. The number of halogens is 4. The number of likely N-dealkylation sites (tertiary alicyclic amines) is 1. The van der Waals surface area contributed by atoms with E-state index in [1.807, 2.05) is 45.4 Å². The Hall–Kier alpha value is -3.76. The first-order chi connectivity index (χ1) is 19.1. The SMILES string of the molecule is Cc1c(C(=O)NCC(F)(F)F)ccc2nn(CC3CCN(C(O)c4ccc(-c5ccc(F)cc5)cc4)CC3)cc12. The van der Waals surface area contributed by atoms with Crippen molar-refractivity contribution in [3.8, 4) is 11.1 Å². The van der Waals surface area contributed by atoms with Crippen molar-refractivity contribution in [1.29, 1.82) is 0 Å². The van der Waals surface area contributed by atoms with Crippen molar-refractivity contribution < 1.29 is 27.5 Å². The topological polar surface area (TPSA) is 70.4 Å². The van der Waals surface area contributed by atoms with Crippen molar-refractivity contribution in [3.05, 3.63) is 89.4 Å². The van der Waals surface area contributed by atoms with Crippen LogP contribution in [0.15, 0.2) is 66.9 Å². The number of hydrogen-bond donors (Lipinski definition) is 2. The van der Waals surface area contributed by atoms with Crippen LogP contribution in [0.2, 0.25) is 0 Å². The minimum Gasteiger partial charge on any atom is -0.374 e. The van der Waals surface area contributed by atoms with Crippen LogP contribution in [0.4, 0.5) is 17.6 Å². The number of aryl methyl sites for hydroxylation is 1. The van der Waals surface area contributed by atoms with Crippen LogP contribution in [-0.4, -0.2) is 51.5 Å². The molecule has 210 valence electrons. The zero-order valence-electron chi connectivity index (χ0n) is 22.0. The molecule has 0 radical (unpaired) electrons. The van der Waals surface area contributed by atoms with Gasteiger partial charge in [0.05, 0.1) is 5.52 Å². The molecule has 1 fully saturated rings. The molecule has 10 heteroatoms. The van der Waals surface area contributed by atoms with Crippen molar-refractivity contribution in [2.75, 3.05) is 19.6 Å². The van der Waals surface area contributed by atoms with Gasteiger partial charge in [-0.25, -0.2) is 4.39 Å². The van der Waals surface area contributed by atoms with Crippen LogP contribution in [0.25, 0.3) is 22.0 Å². The molecule has 2 heterocycles. The Balaban J connectivity index is 1.18. The predicted molar refractivity (Wildman–Crippen MR) is 144 cm³/mol. The number of fused-ring (bicyclic) bond motifs is 1. The molecule has 1 saturated heterocycles. The second kappa shape index (κ2) is 11.4. The van der Waals surface area contributed by atoms with Crippen LogP contribution in [-0.2, 0) is 6.54 Å². The van der Waals surface area contributed by atoms with Gasteiger partial charge in [-0.2, -0.15) is 18.3 Å². The lowest BCUT2D eigenvalue weighted by Crippen LogP contribution is -2.37. The molecule has 2 N–H and O–H groups in total. The maximum Gasteiger partial charge on any atom is 0.405 e. The zero-order valence-corrected chi connectivity index (χ0v) is 22.0. The van der Waals surface area contributed by atoms with Gasteiger partial charge >= 0.3 is 6.18 Å². The first-order valence-electron chi connectivity index (χ1n) is 13.2. The summed E-state index contributed by atoms with van der Waals surface area (Å²) in [5.74, 6) is -0.703. The molecule has 1 atom stereocenters. The van der Waals surface area contributed by atoms with Gasteiger partial charge in [0.1, 0.15) is 18.6 Å². The van der Waals surface area contributed by atoms with Crippen molar-refractivity contribution in [2.45, 2.75) is 38.7 Å². The molecular formula is C30H30F4N4O2. The Bertz CT molecular complexity index is 1470. The number of hydrogen-bond acceptors (Lipinski definition) is 4. The minimum absolute atomic E-state index is 0.198. The lowest BCUT2D eigenvalue weighted by molar-refractivity contribution is -0.123. The summed E-state index contributed by atoms with van der Waals surface area (Å²) < 4.78 is 52.5. The summed E-state index contributed by atoms with van der Waals surface area (Å²) in [6.45, 7) is 2.43. The number of carbonyl (C=O) groups is 1. The first-order valence-corrected chi connectivity index (χ1v) is 13.2. The lowest BCUT2D eigenvalue weighted by atomic mass is 9.95. The number of carbonyl (C=O) groups excluding carboxylic acids is 1. The Labute approximate surface area is 229 Å². The molecule has 1 unspecified atom stereocenters. The fourth-order valence-electron chi connectivity index (χ4n) is 5.24. The van der Waals surface area contributed by atoms with E-state index in [2.05, 4.69) is 5.10 Å². The van der Waals surface area contributed by atoms with Crippen molar-refractivity contribution >= 4 is 16.8 Å². The number of nitrogens with one attached hydrogen (secondary N) is 1. The second-order valence-electron chi connectivity index (χ2n) is 10.3. The molecule has 40 heavy (non-hydrogen) atoms. The molecule has 5 rings (SSSR count). The molecule has 1 aromatic heterocycles. The molecule has 0 saturated carbocycles. The van der Waals surface area contributed by atoms with Crippen LogP contribution in [0.1, 0.15) is 40.6 Å². The molecule has 3 aromatic carbocycles. The number of alkyl halides is 3. The quantitative estimate of drug-likeness (QED) is 0.282. The number of benzene rings is 3. The van der Waals surface area contributed by atoms with E-state index in [0.29, 0.717) is 23.5 Å². The molecule has 6 nitrogen and oxygen atoms in total. The van der Waals surface area contributed by atoms with Crippen LogP contribution < -0.4 is 5.32 Å². The number of aromatic nitrogens is 2. The Morgan fingerprint density at radius 1 is 1.02 bits per heavy atom. The summed E-state index contributed by atoms with van der Waals surface area (Å²) >= 11 is 0. The highest BCUT2D eigenvalue weighted by Gasteiger charge is 2.29. The summed E-state index contributed by atoms with van der Waals surface area (Å²) in [6.07, 6.45) is -1.62. The number of nitrogens with zero attached hydrogens (tertiary/aromatic N) is 3. The smallest absolute Gasteiger partial charge is 0.374 e. The summed E-state index contributed by atoms with van der Waals surface area (Å²) in [7, 11) is 0. The molecule has 0 spiro atoms. The van der Waals surface area contributed by atoms with E-state index in [4.69, 9.17) is 0 Å². The van der Waals surface area contributed by atoms with E-state index in [9.17, 15) is 27.5 Å². The third kappa shape index (κ3) is 6.34. The van der Waals surface area contributed by atoms with Crippen LogP contribution in [0.5, 0.6) is 0 Å². The van der Waals surface area contributed by atoms with E-state index in [1.165, 1.54) is 18.2 Å². The molecule has 1 amide bonds. The van der Waals surface area contributed by atoms with Gasteiger partial charge < -0.3 is 10.4 Å². The van der Waals surface area contributed by atoms with Gasteiger partial charge in [-0.3, -0.25) is 14.4 Å². The molecule has 1 aliphatic rings. The average Bonchev–Trinajstić information content (AvgIpc) is 3.35. The number of piperidine rings is 1. The van der Waals surface area contributed by atoms with Crippen molar-refractivity contribution in [2.24, 2.45) is 5.92 Å². The van der Waals surface area contributed by atoms with Crippen LogP contribution in [0, 0.1) is 18.7 Å². The third-order valence-corrected chi connectivity index (χ3v) is 7.53. The Morgan fingerprint density at radius 2 is 1.65 bits per heavy atom. The zero-order chi connectivity index (χ0) is 28.4. The fraction of sp³-hybridized carbons (Fsp3) is 0.333. The van der Waals surface area contributed by atoms with Crippen LogP contribution >= 0.6 is 0 Å². The number of amides is 1. The van der Waals surface area contributed by atoms with E-state index in [0.717, 1.165) is 48.0 Å². The van der Waals surface area contributed by atoms with E-state index < -0.39 is 24.9 Å². The van der Waals surface area contributed by atoms with Gasteiger partial charge in [0.25, 0.3) is 5.91 Å². The van der Waals surface area contributed by atoms with Crippen molar-refractivity contribution in [1.82, 2.24) is 20.0 Å². The normalized spacial score (nSPS) is 15.8. The van der Waals surface area contributed by atoms with Gasteiger partial charge in [-0.1, -0.05) is 36.4 Å². The largest absolute Gasteiger partial charge is 0.405 e. The highest BCUT2D eigenvalue weighted by Crippen LogP contribution is 2.29. The van der Waals surface area contributed by atoms with E-state index in [-0.39, 0.29) is 11.4 Å². The summed E-state index contributed by atoms with van der Waals surface area (Å²) in [5.41, 5.74) is 4.13.